The van der Waals surface area contributed by atoms with E-state index in [4.69, 9.17) is 5.73 Å². The summed E-state index contributed by atoms with van der Waals surface area (Å²) in [6, 6.07) is 1.68. The van der Waals surface area contributed by atoms with Crippen LogP contribution in [0.15, 0.2) is 10.9 Å². The highest BCUT2D eigenvalue weighted by atomic mass is 16.1. The van der Waals surface area contributed by atoms with Crippen LogP contribution in [0, 0.1) is 0 Å². The smallest absolute Gasteiger partial charge is 0.252 e. The summed E-state index contributed by atoms with van der Waals surface area (Å²) in [4.78, 5) is 11.7. The fourth-order valence-corrected chi connectivity index (χ4v) is 2.21. The molecule has 4 nitrogen and oxygen atoms in total. The molecule has 0 saturated carbocycles. The molecule has 82 valence electrons. The first-order chi connectivity index (χ1) is 7.15. The van der Waals surface area contributed by atoms with Crippen LogP contribution >= 0.6 is 0 Å². The fourth-order valence-electron chi connectivity index (χ4n) is 2.21. The van der Waals surface area contributed by atoms with Crippen molar-refractivity contribution < 1.29 is 0 Å². The van der Waals surface area contributed by atoms with Gasteiger partial charge in [0.25, 0.3) is 5.56 Å². The second kappa shape index (κ2) is 3.70. The number of anilines is 1. The maximum Gasteiger partial charge on any atom is 0.252 e. The van der Waals surface area contributed by atoms with Crippen LogP contribution in [0.3, 0.4) is 0 Å². The van der Waals surface area contributed by atoms with Gasteiger partial charge in [0.05, 0.1) is 0 Å². The van der Waals surface area contributed by atoms with E-state index >= 15 is 0 Å². The van der Waals surface area contributed by atoms with Crippen molar-refractivity contribution in [3.05, 3.63) is 27.5 Å². The summed E-state index contributed by atoms with van der Waals surface area (Å²) in [5.74, 6) is 0.925. The largest absolute Gasteiger partial charge is 0.369 e. The van der Waals surface area contributed by atoms with Gasteiger partial charge in [0.15, 0.2) is 0 Å². The summed E-state index contributed by atoms with van der Waals surface area (Å²) >= 11 is 0. The molecule has 0 amide bonds. The lowest BCUT2D eigenvalue weighted by Crippen LogP contribution is -2.22. The van der Waals surface area contributed by atoms with Crippen LogP contribution in [0.25, 0.3) is 0 Å². The van der Waals surface area contributed by atoms with Gasteiger partial charge in [-0.25, -0.2) is 0 Å². The van der Waals surface area contributed by atoms with E-state index in [-0.39, 0.29) is 11.6 Å². The van der Waals surface area contributed by atoms with E-state index < -0.39 is 0 Å². The van der Waals surface area contributed by atoms with E-state index in [0.29, 0.717) is 0 Å². The molecule has 0 radical (unpaired) electrons. The van der Waals surface area contributed by atoms with Gasteiger partial charge in [-0.05, 0) is 18.9 Å². The summed E-state index contributed by atoms with van der Waals surface area (Å²) < 4.78 is 1.78. The number of hydrogen-bond acceptors (Lipinski definition) is 3. The lowest BCUT2D eigenvalue weighted by Gasteiger charge is -2.16. The summed E-state index contributed by atoms with van der Waals surface area (Å²) in [6.07, 6.45) is 0.849. The summed E-state index contributed by atoms with van der Waals surface area (Å²) in [5.41, 5.74) is 8.20. The molecule has 0 saturated heterocycles. The fraction of sp³-hybridized carbons (Fsp3) is 0.545. The Balaban J connectivity index is 2.70. The van der Waals surface area contributed by atoms with Gasteiger partial charge in [0.1, 0.15) is 5.82 Å². The van der Waals surface area contributed by atoms with Crippen molar-refractivity contribution >= 4 is 5.82 Å². The lowest BCUT2D eigenvalue weighted by molar-refractivity contribution is 0.738. The minimum Gasteiger partial charge on any atom is -0.369 e. The van der Waals surface area contributed by atoms with Crippen LogP contribution in [0.5, 0.6) is 0 Å². The number of aromatic nitrogens is 1. The number of nitrogens with two attached hydrogens (primary N) is 1. The molecule has 1 aliphatic heterocycles. The van der Waals surface area contributed by atoms with Crippen LogP contribution in [-0.4, -0.2) is 11.1 Å². The van der Waals surface area contributed by atoms with Crippen molar-refractivity contribution in [1.29, 1.82) is 0 Å². The molecule has 1 aromatic heterocycles. The molecule has 1 aromatic rings. The third-order valence-electron chi connectivity index (χ3n) is 2.90. The second-order valence-corrected chi connectivity index (χ2v) is 3.99. The first-order valence-corrected chi connectivity index (χ1v) is 5.41. The second-order valence-electron chi connectivity index (χ2n) is 3.99. The van der Waals surface area contributed by atoms with Gasteiger partial charge in [0, 0.05) is 30.8 Å². The van der Waals surface area contributed by atoms with Gasteiger partial charge in [-0.2, -0.15) is 0 Å². The van der Waals surface area contributed by atoms with Crippen molar-refractivity contribution in [1.82, 2.24) is 4.57 Å². The number of aryl methyl sites for hydroxylation is 1. The molecule has 3 N–H and O–H groups in total. The number of pyridine rings is 1. The van der Waals surface area contributed by atoms with Crippen LogP contribution in [0.4, 0.5) is 5.82 Å². The van der Waals surface area contributed by atoms with Gasteiger partial charge in [-0.3, -0.25) is 9.36 Å². The third-order valence-corrected chi connectivity index (χ3v) is 2.90. The minimum absolute atomic E-state index is 0.0348. The summed E-state index contributed by atoms with van der Waals surface area (Å²) in [7, 11) is 0. The van der Waals surface area contributed by atoms with Crippen LogP contribution < -0.4 is 16.6 Å². The Labute approximate surface area is 89.1 Å². The first kappa shape index (κ1) is 10.2. The van der Waals surface area contributed by atoms with Crippen molar-refractivity contribution in [2.75, 3.05) is 11.9 Å². The van der Waals surface area contributed by atoms with Crippen LogP contribution in [-0.2, 0) is 13.0 Å². The zero-order valence-corrected chi connectivity index (χ0v) is 9.21. The van der Waals surface area contributed by atoms with E-state index in [1.165, 1.54) is 0 Å². The Morgan fingerprint density at radius 2 is 2.40 bits per heavy atom. The van der Waals surface area contributed by atoms with Crippen LogP contribution in [0.2, 0.25) is 0 Å². The van der Waals surface area contributed by atoms with Gasteiger partial charge in [-0.1, -0.05) is 6.92 Å². The predicted molar refractivity (Wildman–Crippen MR) is 61.2 cm³/mol. The number of fused-ring (bicyclic) bond motifs is 1. The van der Waals surface area contributed by atoms with Gasteiger partial charge < -0.3 is 11.1 Å². The molecule has 2 heterocycles. The minimum atomic E-state index is -0.0348. The highest BCUT2D eigenvalue weighted by Crippen LogP contribution is 2.26. The van der Waals surface area contributed by atoms with Crippen molar-refractivity contribution in [2.45, 2.75) is 32.9 Å². The van der Waals surface area contributed by atoms with E-state index in [0.717, 1.165) is 36.5 Å². The molecule has 1 atom stereocenters. The third kappa shape index (κ3) is 1.55. The Bertz CT molecular complexity index is 434. The molecule has 0 aliphatic carbocycles. The predicted octanol–water partition coefficient (Wildman–Crippen LogP) is 0.856. The SMILES string of the molecule is CCc1cc(=O)n2c(c1C(C)N)NCC2. The molecule has 0 aromatic carbocycles. The molecule has 0 fully saturated rings. The van der Waals surface area contributed by atoms with E-state index in [2.05, 4.69) is 5.32 Å². The number of nitrogens with one attached hydrogen (secondary N) is 1. The van der Waals surface area contributed by atoms with Gasteiger partial charge in [0.2, 0.25) is 0 Å². The maximum atomic E-state index is 11.7. The van der Waals surface area contributed by atoms with E-state index in [1.54, 1.807) is 10.6 Å². The molecular formula is C11H17N3O. The summed E-state index contributed by atoms with van der Waals surface area (Å²) in [6.45, 7) is 5.58. The molecule has 15 heavy (non-hydrogen) atoms. The number of hydrogen-bond donors (Lipinski definition) is 2. The number of rotatable bonds is 2. The monoisotopic (exact) mass is 207 g/mol. The van der Waals surface area contributed by atoms with Crippen molar-refractivity contribution in [2.24, 2.45) is 5.73 Å². The summed E-state index contributed by atoms with van der Waals surface area (Å²) in [5, 5.41) is 3.25. The zero-order valence-electron chi connectivity index (χ0n) is 9.21. The zero-order chi connectivity index (χ0) is 11.0. The highest BCUT2D eigenvalue weighted by molar-refractivity contribution is 5.53. The standard InChI is InChI=1S/C11H17N3O/c1-3-8-6-9(15)14-5-4-13-11(14)10(8)7(2)12/h6-7,13H,3-5,12H2,1-2H3. The van der Waals surface area contributed by atoms with Crippen LogP contribution in [0.1, 0.15) is 31.0 Å². The molecule has 0 spiro atoms. The Morgan fingerprint density at radius 3 is 3.00 bits per heavy atom. The van der Waals surface area contributed by atoms with E-state index in [1.807, 2.05) is 13.8 Å². The van der Waals surface area contributed by atoms with Crippen molar-refractivity contribution in [3.63, 3.8) is 0 Å². The van der Waals surface area contributed by atoms with E-state index in [9.17, 15) is 4.79 Å². The topological polar surface area (TPSA) is 60.0 Å². The molecule has 1 aliphatic rings. The Kier molecular flexibility index (Phi) is 2.52. The quantitative estimate of drug-likeness (QED) is 0.756. The normalized spacial score (nSPS) is 15.9. The van der Waals surface area contributed by atoms with Gasteiger partial charge >= 0.3 is 0 Å². The average molecular weight is 207 g/mol. The van der Waals surface area contributed by atoms with Gasteiger partial charge in [-0.15, -0.1) is 0 Å². The van der Waals surface area contributed by atoms with Crippen molar-refractivity contribution in [3.8, 4) is 0 Å². The maximum absolute atomic E-state index is 11.7. The Hall–Kier alpha value is -1.29. The molecule has 1 unspecified atom stereocenters. The molecule has 4 heteroatoms. The molecule has 0 bridgehead atoms. The number of nitrogens with zero attached hydrogens (tertiary/aromatic N) is 1. The highest BCUT2D eigenvalue weighted by Gasteiger charge is 2.20. The molecular weight excluding hydrogens is 190 g/mol. The average Bonchev–Trinajstić information content (AvgIpc) is 2.65. The molecule has 2 rings (SSSR count). The Morgan fingerprint density at radius 1 is 1.67 bits per heavy atom. The first-order valence-electron chi connectivity index (χ1n) is 5.41. The lowest BCUT2D eigenvalue weighted by atomic mass is 10.0.